The molecular weight excluding hydrogens is 332 g/mol. The van der Waals surface area contributed by atoms with Crippen LogP contribution in [0.1, 0.15) is 72.1 Å². The van der Waals surface area contributed by atoms with E-state index in [1.54, 1.807) is 25.7 Å². The van der Waals surface area contributed by atoms with Crippen LogP contribution in [0.2, 0.25) is 0 Å². The summed E-state index contributed by atoms with van der Waals surface area (Å²) in [5, 5.41) is 0. The van der Waals surface area contributed by atoms with E-state index >= 15 is 0 Å². The Balaban J connectivity index is 2.32. The predicted octanol–water partition coefficient (Wildman–Crippen LogP) is 3.27. The van der Waals surface area contributed by atoms with E-state index in [4.69, 9.17) is 4.74 Å². The number of carbonyl (C=O) groups excluding carboxylic acids is 3. The van der Waals surface area contributed by atoms with Gasteiger partial charge in [-0.3, -0.25) is 9.59 Å². The highest BCUT2D eigenvalue weighted by Crippen LogP contribution is 2.30. The molecule has 6 heteroatoms. The number of methoxy groups -OCH3 is 1. The van der Waals surface area contributed by atoms with E-state index in [-0.39, 0.29) is 23.5 Å². The van der Waals surface area contributed by atoms with E-state index in [9.17, 15) is 14.4 Å². The van der Waals surface area contributed by atoms with Crippen molar-refractivity contribution in [3.8, 4) is 0 Å². The van der Waals surface area contributed by atoms with Crippen LogP contribution in [0.3, 0.4) is 0 Å². The van der Waals surface area contributed by atoms with Crippen molar-refractivity contribution in [2.24, 2.45) is 11.8 Å². The smallest absolute Gasteiger partial charge is 0.354 e. The number of hydrogen-bond acceptors (Lipinski definition) is 4. The topological polar surface area (TPSA) is 79.5 Å². The van der Waals surface area contributed by atoms with Gasteiger partial charge in [-0.1, -0.05) is 20.3 Å². The fourth-order valence-electron chi connectivity index (χ4n) is 3.50. The lowest BCUT2D eigenvalue weighted by atomic mass is 9.83. The molecule has 1 aliphatic carbocycles. The normalized spacial score (nSPS) is 15.5. The minimum Gasteiger partial charge on any atom is -0.464 e. The number of nitrogens with zero attached hydrogens (tertiary/aromatic N) is 1. The number of aromatic amines is 1. The van der Waals surface area contributed by atoms with Gasteiger partial charge in [-0.05, 0) is 45.1 Å². The average molecular weight is 362 g/mol. The van der Waals surface area contributed by atoms with Crippen molar-refractivity contribution in [1.29, 1.82) is 0 Å². The van der Waals surface area contributed by atoms with Crippen LogP contribution < -0.4 is 0 Å². The first kappa shape index (κ1) is 20.2. The molecule has 144 valence electrons. The summed E-state index contributed by atoms with van der Waals surface area (Å²) in [6.07, 6.45) is 2.89. The van der Waals surface area contributed by atoms with Gasteiger partial charge in [-0.15, -0.1) is 0 Å². The van der Waals surface area contributed by atoms with Crippen LogP contribution in [0, 0.1) is 25.7 Å². The van der Waals surface area contributed by atoms with Crippen LogP contribution in [-0.4, -0.2) is 47.2 Å². The molecule has 1 aliphatic rings. The lowest BCUT2D eigenvalue weighted by molar-refractivity contribution is -0.140. The van der Waals surface area contributed by atoms with Crippen molar-refractivity contribution in [3.63, 3.8) is 0 Å². The molecule has 6 nitrogen and oxygen atoms in total. The van der Waals surface area contributed by atoms with Gasteiger partial charge < -0.3 is 14.6 Å². The van der Waals surface area contributed by atoms with E-state index in [0.717, 1.165) is 19.3 Å². The second kappa shape index (κ2) is 8.06. The standard InChI is InChI=1S/C20H30N2O4/c1-11(2)10-22(19(24)15-8-7-9-15)14(5)18(23)16-12(3)17(20(25)26-6)21-13(16)4/h11,14-15,21H,7-10H2,1-6H3. The van der Waals surface area contributed by atoms with E-state index < -0.39 is 12.0 Å². The number of carbonyl (C=O) groups is 3. The molecule has 0 bridgehead atoms. The molecule has 0 radical (unpaired) electrons. The summed E-state index contributed by atoms with van der Waals surface area (Å²) in [6.45, 7) is 9.91. The monoisotopic (exact) mass is 362 g/mol. The minimum absolute atomic E-state index is 0.0445. The quantitative estimate of drug-likeness (QED) is 0.596. The van der Waals surface area contributed by atoms with E-state index in [1.165, 1.54) is 7.11 Å². The maximum atomic E-state index is 13.2. The zero-order valence-electron chi connectivity index (χ0n) is 16.6. The number of Topliss-reactive ketones (excluding diaryl/α,β-unsaturated/α-hetero) is 1. The van der Waals surface area contributed by atoms with Gasteiger partial charge in [-0.2, -0.15) is 0 Å². The molecule has 26 heavy (non-hydrogen) atoms. The van der Waals surface area contributed by atoms with Crippen LogP contribution in [0.5, 0.6) is 0 Å². The number of amides is 1. The first-order valence-corrected chi connectivity index (χ1v) is 9.31. The van der Waals surface area contributed by atoms with Crippen LogP contribution in [0.25, 0.3) is 0 Å². The Hall–Kier alpha value is -2.11. The van der Waals surface area contributed by atoms with Crippen LogP contribution in [0.4, 0.5) is 0 Å². The highest BCUT2D eigenvalue weighted by molar-refractivity contribution is 6.06. The fourth-order valence-corrected chi connectivity index (χ4v) is 3.50. The molecule has 1 aromatic heterocycles. The second-order valence-corrected chi connectivity index (χ2v) is 7.67. The first-order chi connectivity index (χ1) is 12.2. The largest absolute Gasteiger partial charge is 0.464 e. The Kier molecular flexibility index (Phi) is 6.26. The van der Waals surface area contributed by atoms with Crippen LogP contribution >= 0.6 is 0 Å². The summed E-state index contributed by atoms with van der Waals surface area (Å²) in [7, 11) is 1.31. The molecule has 0 saturated heterocycles. The Morgan fingerprint density at radius 3 is 2.27 bits per heavy atom. The van der Waals surface area contributed by atoms with E-state index in [1.807, 2.05) is 13.8 Å². The molecule has 1 aromatic rings. The zero-order valence-corrected chi connectivity index (χ0v) is 16.6. The highest BCUT2D eigenvalue weighted by Gasteiger charge is 2.36. The highest BCUT2D eigenvalue weighted by atomic mass is 16.5. The van der Waals surface area contributed by atoms with Crippen molar-refractivity contribution in [1.82, 2.24) is 9.88 Å². The summed E-state index contributed by atoms with van der Waals surface area (Å²) < 4.78 is 4.77. The third-order valence-electron chi connectivity index (χ3n) is 5.22. The van der Waals surface area contributed by atoms with Gasteiger partial charge >= 0.3 is 5.97 Å². The fraction of sp³-hybridized carbons (Fsp3) is 0.650. The van der Waals surface area contributed by atoms with Crippen molar-refractivity contribution >= 4 is 17.7 Å². The molecule has 1 N–H and O–H groups in total. The molecule has 1 heterocycles. The van der Waals surface area contributed by atoms with Gasteiger partial charge in [0.25, 0.3) is 0 Å². The summed E-state index contributed by atoms with van der Waals surface area (Å²) in [6, 6.07) is -0.566. The molecule has 0 aliphatic heterocycles. The average Bonchev–Trinajstić information content (AvgIpc) is 2.83. The molecule has 0 spiro atoms. The number of rotatable bonds is 7. The summed E-state index contributed by atoms with van der Waals surface area (Å²) in [5.41, 5.74) is 1.97. The number of H-pyrrole nitrogens is 1. The number of esters is 1. The summed E-state index contributed by atoms with van der Waals surface area (Å²) in [5.74, 6) is -0.247. The second-order valence-electron chi connectivity index (χ2n) is 7.67. The molecule has 1 amide bonds. The third-order valence-corrected chi connectivity index (χ3v) is 5.22. The Labute approximate surface area is 155 Å². The van der Waals surface area contributed by atoms with Gasteiger partial charge in [0.2, 0.25) is 5.91 Å². The minimum atomic E-state index is -0.566. The van der Waals surface area contributed by atoms with Gasteiger partial charge in [-0.25, -0.2) is 4.79 Å². The van der Waals surface area contributed by atoms with Gasteiger partial charge in [0.15, 0.2) is 5.78 Å². The molecule has 2 rings (SSSR count). The van der Waals surface area contributed by atoms with Gasteiger partial charge in [0.05, 0.1) is 13.2 Å². The number of ether oxygens (including phenoxy) is 1. The molecule has 1 atom stereocenters. The first-order valence-electron chi connectivity index (χ1n) is 9.31. The maximum absolute atomic E-state index is 13.2. The lowest BCUT2D eigenvalue weighted by Gasteiger charge is -2.36. The molecule has 1 saturated carbocycles. The number of aryl methyl sites for hydroxylation is 1. The Morgan fingerprint density at radius 2 is 1.81 bits per heavy atom. The van der Waals surface area contributed by atoms with Crippen molar-refractivity contribution in [2.45, 2.75) is 59.9 Å². The Bertz CT molecular complexity index is 701. The molecule has 0 aromatic carbocycles. The predicted molar refractivity (Wildman–Crippen MR) is 99.3 cm³/mol. The van der Waals surface area contributed by atoms with Crippen molar-refractivity contribution in [2.75, 3.05) is 13.7 Å². The van der Waals surface area contributed by atoms with E-state index in [2.05, 4.69) is 4.98 Å². The van der Waals surface area contributed by atoms with Crippen molar-refractivity contribution < 1.29 is 19.1 Å². The van der Waals surface area contributed by atoms with E-state index in [0.29, 0.717) is 29.1 Å². The molecule has 1 unspecified atom stereocenters. The number of nitrogens with one attached hydrogen (secondary N) is 1. The third kappa shape index (κ3) is 3.84. The maximum Gasteiger partial charge on any atom is 0.354 e. The van der Waals surface area contributed by atoms with Gasteiger partial charge in [0, 0.05) is 23.7 Å². The van der Waals surface area contributed by atoms with Crippen molar-refractivity contribution in [3.05, 3.63) is 22.5 Å². The SMILES string of the molecule is COC(=O)c1[nH]c(C)c(C(=O)C(C)N(CC(C)C)C(=O)C2CCC2)c1C. The molecular formula is C20H30N2O4. The summed E-state index contributed by atoms with van der Waals surface area (Å²) in [4.78, 5) is 42.6. The molecule has 1 fully saturated rings. The van der Waals surface area contributed by atoms with Crippen LogP contribution in [-0.2, 0) is 9.53 Å². The Morgan fingerprint density at radius 1 is 1.19 bits per heavy atom. The van der Waals surface area contributed by atoms with Gasteiger partial charge in [0.1, 0.15) is 5.69 Å². The zero-order chi connectivity index (χ0) is 19.6. The van der Waals surface area contributed by atoms with Crippen LogP contribution in [0.15, 0.2) is 0 Å². The number of ketones is 1. The summed E-state index contributed by atoms with van der Waals surface area (Å²) >= 11 is 0. The number of aromatic nitrogens is 1. The number of hydrogen-bond donors (Lipinski definition) is 1. The lowest BCUT2D eigenvalue weighted by Crippen LogP contribution is -2.49.